The summed E-state index contributed by atoms with van der Waals surface area (Å²) < 4.78 is 6.01. The Kier molecular flexibility index (Phi) is 3.50. The fourth-order valence-electron chi connectivity index (χ4n) is 2.18. The molecule has 0 saturated carbocycles. The summed E-state index contributed by atoms with van der Waals surface area (Å²) in [7, 11) is 0. The standard InChI is InChI=1S/C14H21O/c1-11-3-7-13(8-4-11)15-14-9-5-12(2)6-10-14/h3,5,7,11,14H,4,6,8-10H2,1-2H3. The van der Waals surface area contributed by atoms with Gasteiger partial charge in [0, 0.05) is 12.8 Å². The SMILES string of the molecule is CC1=CCC(OC2=C[CH]C(C)CC2)CC1. The van der Waals surface area contributed by atoms with Crippen LogP contribution in [0.4, 0.5) is 0 Å². The van der Waals surface area contributed by atoms with Crippen LogP contribution < -0.4 is 0 Å². The molecule has 0 amide bonds. The van der Waals surface area contributed by atoms with Gasteiger partial charge in [0.05, 0.1) is 5.76 Å². The lowest BCUT2D eigenvalue weighted by atomic mass is 9.94. The largest absolute Gasteiger partial charge is 0.495 e. The molecule has 0 aromatic rings. The molecule has 83 valence electrons. The van der Waals surface area contributed by atoms with Crippen LogP contribution in [-0.2, 0) is 4.74 Å². The average Bonchev–Trinajstić information content (AvgIpc) is 2.25. The second-order valence-electron chi connectivity index (χ2n) is 4.91. The molecule has 0 aromatic heterocycles. The van der Waals surface area contributed by atoms with Crippen molar-refractivity contribution in [3.63, 3.8) is 0 Å². The van der Waals surface area contributed by atoms with E-state index in [9.17, 15) is 0 Å². The van der Waals surface area contributed by atoms with Crippen molar-refractivity contribution in [3.8, 4) is 0 Å². The lowest BCUT2D eigenvalue weighted by molar-refractivity contribution is 0.0961. The van der Waals surface area contributed by atoms with Crippen molar-refractivity contribution in [2.45, 2.75) is 52.1 Å². The summed E-state index contributed by atoms with van der Waals surface area (Å²) in [5.41, 5.74) is 1.52. The fourth-order valence-corrected chi connectivity index (χ4v) is 2.18. The first-order valence-corrected chi connectivity index (χ1v) is 6.10. The molecular formula is C14H21O. The number of allylic oxidation sites excluding steroid dienone is 3. The lowest BCUT2D eigenvalue weighted by Gasteiger charge is -2.26. The molecule has 1 heteroatoms. The van der Waals surface area contributed by atoms with Crippen molar-refractivity contribution in [2.75, 3.05) is 0 Å². The minimum Gasteiger partial charge on any atom is -0.495 e. The van der Waals surface area contributed by atoms with Crippen LogP contribution in [0.3, 0.4) is 0 Å². The number of ether oxygens (including phenoxy) is 1. The molecule has 2 aliphatic rings. The van der Waals surface area contributed by atoms with Crippen LogP contribution in [0.2, 0.25) is 0 Å². The second-order valence-corrected chi connectivity index (χ2v) is 4.91. The summed E-state index contributed by atoms with van der Waals surface area (Å²) in [4.78, 5) is 0. The van der Waals surface area contributed by atoms with Gasteiger partial charge in [0.25, 0.3) is 0 Å². The van der Waals surface area contributed by atoms with E-state index >= 15 is 0 Å². The first kappa shape index (κ1) is 10.8. The van der Waals surface area contributed by atoms with Crippen LogP contribution >= 0.6 is 0 Å². The molecule has 1 nitrogen and oxygen atoms in total. The summed E-state index contributed by atoms with van der Waals surface area (Å²) in [6.07, 6.45) is 13.1. The molecule has 0 heterocycles. The van der Waals surface area contributed by atoms with Gasteiger partial charge in [0.1, 0.15) is 6.10 Å². The fraction of sp³-hybridized carbons (Fsp3) is 0.643. The second kappa shape index (κ2) is 4.87. The van der Waals surface area contributed by atoms with E-state index in [0.717, 1.165) is 18.8 Å². The van der Waals surface area contributed by atoms with E-state index in [2.05, 4.69) is 32.4 Å². The number of hydrogen-bond donors (Lipinski definition) is 0. The first-order chi connectivity index (χ1) is 7.24. The van der Waals surface area contributed by atoms with Crippen molar-refractivity contribution in [2.24, 2.45) is 5.92 Å². The van der Waals surface area contributed by atoms with Crippen LogP contribution in [-0.4, -0.2) is 6.10 Å². The van der Waals surface area contributed by atoms with Crippen LogP contribution in [0.5, 0.6) is 0 Å². The summed E-state index contributed by atoms with van der Waals surface area (Å²) in [5, 5.41) is 0. The Labute approximate surface area is 93.2 Å². The monoisotopic (exact) mass is 205 g/mol. The van der Waals surface area contributed by atoms with Gasteiger partial charge in [-0.05, 0) is 44.6 Å². The van der Waals surface area contributed by atoms with E-state index in [0.29, 0.717) is 6.10 Å². The zero-order valence-electron chi connectivity index (χ0n) is 9.83. The molecule has 2 rings (SSSR count). The van der Waals surface area contributed by atoms with Crippen molar-refractivity contribution in [1.82, 2.24) is 0 Å². The van der Waals surface area contributed by atoms with Crippen LogP contribution in [0, 0.1) is 12.3 Å². The Morgan fingerprint density at radius 2 is 2.13 bits per heavy atom. The Morgan fingerprint density at radius 1 is 1.27 bits per heavy atom. The van der Waals surface area contributed by atoms with Gasteiger partial charge in [-0.3, -0.25) is 0 Å². The topological polar surface area (TPSA) is 9.23 Å². The summed E-state index contributed by atoms with van der Waals surface area (Å²) in [6, 6.07) is 0. The van der Waals surface area contributed by atoms with E-state index < -0.39 is 0 Å². The number of rotatable bonds is 2. The lowest BCUT2D eigenvalue weighted by Crippen LogP contribution is -2.17. The Hall–Kier alpha value is -0.720. The van der Waals surface area contributed by atoms with Crippen molar-refractivity contribution < 1.29 is 4.74 Å². The normalized spacial score (nSPS) is 31.9. The maximum atomic E-state index is 6.01. The summed E-state index contributed by atoms with van der Waals surface area (Å²) in [6.45, 7) is 4.48. The molecule has 0 aliphatic heterocycles. The quantitative estimate of drug-likeness (QED) is 0.619. The van der Waals surface area contributed by atoms with E-state index in [1.165, 1.54) is 30.6 Å². The minimum absolute atomic E-state index is 0.432. The van der Waals surface area contributed by atoms with E-state index in [1.807, 2.05) is 0 Å². The summed E-state index contributed by atoms with van der Waals surface area (Å²) in [5.74, 6) is 1.93. The highest BCUT2D eigenvalue weighted by Gasteiger charge is 2.17. The predicted molar refractivity (Wildman–Crippen MR) is 63.3 cm³/mol. The van der Waals surface area contributed by atoms with E-state index in [4.69, 9.17) is 4.74 Å². The molecule has 2 unspecified atom stereocenters. The Balaban J connectivity index is 1.82. The molecule has 1 radical (unpaired) electrons. The molecular weight excluding hydrogens is 184 g/mol. The maximum absolute atomic E-state index is 6.01. The maximum Gasteiger partial charge on any atom is 0.102 e. The molecule has 0 aromatic carbocycles. The molecule has 15 heavy (non-hydrogen) atoms. The van der Waals surface area contributed by atoms with Crippen LogP contribution in [0.25, 0.3) is 0 Å². The third kappa shape index (κ3) is 3.12. The molecule has 0 fully saturated rings. The smallest absolute Gasteiger partial charge is 0.102 e. The third-order valence-corrected chi connectivity index (χ3v) is 3.36. The molecule has 0 bridgehead atoms. The van der Waals surface area contributed by atoms with Crippen LogP contribution in [0.1, 0.15) is 46.0 Å². The molecule has 2 aliphatic carbocycles. The van der Waals surface area contributed by atoms with Crippen molar-refractivity contribution in [3.05, 3.63) is 29.9 Å². The first-order valence-electron chi connectivity index (χ1n) is 6.10. The molecule has 2 atom stereocenters. The highest BCUT2D eigenvalue weighted by molar-refractivity contribution is 5.10. The molecule has 0 N–H and O–H groups in total. The zero-order chi connectivity index (χ0) is 10.7. The zero-order valence-corrected chi connectivity index (χ0v) is 9.83. The predicted octanol–water partition coefficient (Wildman–Crippen LogP) is 4.02. The van der Waals surface area contributed by atoms with Gasteiger partial charge < -0.3 is 4.74 Å². The minimum atomic E-state index is 0.432. The Morgan fingerprint density at radius 3 is 2.73 bits per heavy atom. The van der Waals surface area contributed by atoms with Gasteiger partial charge in [0.15, 0.2) is 0 Å². The molecule has 0 saturated heterocycles. The third-order valence-electron chi connectivity index (χ3n) is 3.36. The van der Waals surface area contributed by atoms with Crippen LogP contribution in [0.15, 0.2) is 23.5 Å². The van der Waals surface area contributed by atoms with E-state index in [1.54, 1.807) is 0 Å². The average molecular weight is 205 g/mol. The van der Waals surface area contributed by atoms with Gasteiger partial charge in [-0.2, -0.15) is 0 Å². The van der Waals surface area contributed by atoms with Gasteiger partial charge >= 0.3 is 0 Å². The highest BCUT2D eigenvalue weighted by atomic mass is 16.5. The molecule has 0 spiro atoms. The van der Waals surface area contributed by atoms with Gasteiger partial charge in [0.2, 0.25) is 0 Å². The summed E-state index contributed by atoms with van der Waals surface area (Å²) >= 11 is 0. The number of hydrogen-bond acceptors (Lipinski definition) is 1. The van der Waals surface area contributed by atoms with Gasteiger partial charge in [-0.1, -0.05) is 18.6 Å². The van der Waals surface area contributed by atoms with Gasteiger partial charge in [-0.25, -0.2) is 0 Å². The van der Waals surface area contributed by atoms with Gasteiger partial charge in [-0.15, -0.1) is 0 Å². The van der Waals surface area contributed by atoms with Crippen molar-refractivity contribution in [1.29, 1.82) is 0 Å². The van der Waals surface area contributed by atoms with E-state index in [-0.39, 0.29) is 0 Å². The highest BCUT2D eigenvalue weighted by Crippen LogP contribution is 2.27. The Bertz CT molecular complexity index is 275. The van der Waals surface area contributed by atoms with Crippen molar-refractivity contribution >= 4 is 0 Å².